The first kappa shape index (κ1) is 8.14. The van der Waals surface area contributed by atoms with Gasteiger partial charge in [0.2, 0.25) is 0 Å². The summed E-state index contributed by atoms with van der Waals surface area (Å²) < 4.78 is 0. The third-order valence-electron chi connectivity index (χ3n) is 1.54. The Bertz CT molecular complexity index is 256. The molecule has 1 aromatic heterocycles. The van der Waals surface area contributed by atoms with E-state index in [1.54, 1.807) is 6.20 Å². The third-order valence-corrected chi connectivity index (χ3v) is 1.54. The summed E-state index contributed by atoms with van der Waals surface area (Å²) in [6, 6.07) is -0.0256. The molecule has 1 aromatic rings. The highest BCUT2D eigenvalue weighted by Gasteiger charge is 2.05. The number of aryl methyl sites for hydroxylation is 2. The molecule has 0 radical (unpaired) electrons. The van der Waals surface area contributed by atoms with E-state index in [1.165, 1.54) is 0 Å². The van der Waals surface area contributed by atoms with Crippen molar-refractivity contribution >= 4 is 0 Å². The topological polar surface area (TPSA) is 51.8 Å². The first-order valence-corrected chi connectivity index (χ1v) is 3.67. The van der Waals surface area contributed by atoms with Gasteiger partial charge in [-0.1, -0.05) is 0 Å². The van der Waals surface area contributed by atoms with Crippen LogP contribution in [0.2, 0.25) is 0 Å². The van der Waals surface area contributed by atoms with Crippen molar-refractivity contribution in [2.24, 2.45) is 5.73 Å². The van der Waals surface area contributed by atoms with E-state index >= 15 is 0 Å². The summed E-state index contributed by atoms with van der Waals surface area (Å²) in [4.78, 5) is 8.44. The first-order valence-electron chi connectivity index (χ1n) is 3.67. The van der Waals surface area contributed by atoms with Crippen molar-refractivity contribution in [1.29, 1.82) is 0 Å². The van der Waals surface area contributed by atoms with Gasteiger partial charge in [-0.05, 0) is 20.8 Å². The molecule has 3 heteroatoms. The van der Waals surface area contributed by atoms with Crippen LogP contribution in [0.15, 0.2) is 6.20 Å². The van der Waals surface area contributed by atoms with Gasteiger partial charge in [-0.3, -0.25) is 9.97 Å². The van der Waals surface area contributed by atoms with E-state index in [4.69, 9.17) is 5.73 Å². The maximum Gasteiger partial charge on any atom is 0.0783 e. The number of hydrogen-bond donors (Lipinski definition) is 1. The molecule has 0 fully saturated rings. The Hall–Kier alpha value is -0.960. The fourth-order valence-electron chi connectivity index (χ4n) is 0.987. The van der Waals surface area contributed by atoms with E-state index in [9.17, 15) is 0 Å². The standard InChI is InChI=1S/C8H13N3/c1-5-4-10-7(3)8(11-5)6(2)9/h4,6H,9H2,1-3H3. The van der Waals surface area contributed by atoms with Crippen LogP contribution in [0.4, 0.5) is 0 Å². The van der Waals surface area contributed by atoms with Crippen molar-refractivity contribution in [2.75, 3.05) is 0 Å². The summed E-state index contributed by atoms with van der Waals surface area (Å²) in [6.45, 7) is 5.75. The highest BCUT2D eigenvalue weighted by atomic mass is 14.8. The highest BCUT2D eigenvalue weighted by molar-refractivity contribution is 5.14. The minimum atomic E-state index is -0.0256. The number of nitrogens with zero attached hydrogens (tertiary/aromatic N) is 2. The lowest BCUT2D eigenvalue weighted by atomic mass is 10.2. The molecule has 11 heavy (non-hydrogen) atoms. The summed E-state index contributed by atoms with van der Waals surface area (Å²) in [5.41, 5.74) is 8.42. The molecular weight excluding hydrogens is 138 g/mol. The van der Waals surface area contributed by atoms with E-state index in [2.05, 4.69) is 9.97 Å². The van der Waals surface area contributed by atoms with Crippen molar-refractivity contribution in [3.05, 3.63) is 23.3 Å². The molecular formula is C8H13N3. The van der Waals surface area contributed by atoms with Gasteiger partial charge in [0.15, 0.2) is 0 Å². The van der Waals surface area contributed by atoms with Gasteiger partial charge in [0.1, 0.15) is 0 Å². The van der Waals surface area contributed by atoms with E-state index in [1.807, 2.05) is 20.8 Å². The summed E-state index contributed by atoms with van der Waals surface area (Å²) >= 11 is 0. The van der Waals surface area contributed by atoms with Crippen molar-refractivity contribution < 1.29 is 0 Å². The third kappa shape index (κ3) is 1.74. The number of rotatable bonds is 1. The van der Waals surface area contributed by atoms with Gasteiger partial charge in [-0.15, -0.1) is 0 Å². The number of hydrogen-bond acceptors (Lipinski definition) is 3. The summed E-state index contributed by atoms with van der Waals surface area (Å²) in [7, 11) is 0. The Morgan fingerprint density at radius 3 is 2.55 bits per heavy atom. The van der Waals surface area contributed by atoms with Gasteiger partial charge in [0.25, 0.3) is 0 Å². The molecule has 0 aliphatic rings. The molecule has 0 aliphatic heterocycles. The van der Waals surface area contributed by atoms with Crippen molar-refractivity contribution in [1.82, 2.24) is 9.97 Å². The second-order valence-corrected chi connectivity index (χ2v) is 2.77. The van der Waals surface area contributed by atoms with Crippen LogP contribution in [0.1, 0.15) is 30.0 Å². The van der Waals surface area contributed by atoms with Crippen LogP contribution in [0.25, 0.3) is 0 Å². The Labute approximate surface area is 66.7 Å². The fourth-order valence-corrected chi connectivity index (χ4v) is 0.987. The maximum atomic E-state index is 5.68. The Kier molecular flexibility index (Phi) is 2.19. The molecule has 0 aromatic carbocycles. The average molecular weight is 151 g/mol. The zero-order chi connectivity index (χ0) is 8.43. The molecule has 1 rings (SSSR count). The van der Waals surface area contributed by atoms with E-state index in [-0.39, 0.29) is 6.04 Å². The largest absolute Gasteiger partial charge is 0.323 e. The SMILES string of the molecule is Cc1cnc(C)c(C(C)N)n1. The van der Waals surface area contributed by atoms with Crippen LogP contribution in [0, 0.1) is 13.8 Å². The van der Waals surface area contributed by atoms with Crippen LogP contribution in [0.5, 0.6) is 0 Å². The molecule has 0 saturated carbocycles. The van der Waals surface area contributed by atoms with Crippen LogP contribution >= 0.6 is 0 Å². The van der Waals surface area contributed by atoms with E-state index in [0.29, 0.717) is 0 Å². The van der Waals surface area contributed by atoms with Gasteiger partial charge in [-0.25, -0.2) is 0 Å². The lowest BCUT2D eigenvalue weighted by Gasteiger charge is -2.07. The maximum absolute atomic E-state index is 5.68. The average Bonchev–Trinajstić information content (AvgIpc) is 1.94. The predicted octanol–water partition coefficient (Wildman–Crippen LogP) is 1.11. The zero-order valence-corrected chi connectivity index (χ0v) is 7.13. The van der Waals surface area contributed by atoms with Crippen molar-refractivity contribution in [2.45, 2.75) is 26.8 Å². The van der Waals surface area contributed by atoms with Gasteiger partial charge in [-0.2, -0.15) is 0 Å². The van der Waals surface area contributed by atoms with Crippen LogP contribution in [-0.4, -0.2) is 9.97 Å². The van der Waals surface area contributed by atoms with E-state index < -0.39 is 0 Å². The molecule has 1 atom stereocenters. The van der Waals surface area contributed by atoms with Crippen molar-refractivity contribution in [3.63, 3.8) is 0 Å². The first-order chi connectivity index (χ1) is 5.11. The zero-order valence-electron chi connectivity index (χ0n) is 7.13. The molecule has 3 nitrogen and oxygen atoms in total. The molecule has 0 saturated heterocycles. The Morgan fingerprint density at radius 1 is 1.45 bits per heavy atom. The van der Waals surface area contributed by atoms with Crippen LogP contribution in [0.3, 0.4) is 0 Å². The molecule has 0 spiro atoms. The smallest absolute Gasteiger partial charge is 0.0783 e. The molecule has 1 unspecified atom stereocenters. The second-order valence-electron chi connectivity index (χ2n) is 2.77. The predicted molar refractivity (Wildman–Crippen MR) is 44.1 cm³/mol. The number of aromatic nitrogens is 2. The second kappa shape index (κ2) is 2.96. The fraction of sp³-hybridized carbons (Fsp3) is 0.500. The lowest BCUT2D eigenvalue weighted by Crippen LogP contribution is -2.11. The monoisotopic (exact) mass is 151 g/mol. The Balaban J connectivity index is 3.13. The van der Waals surface area contributed by atoms with Gasteiger partial charge in [0.05, 0.1) is 17.1 Å². The quantitative estimate of drug-likeness (QED) is 0.654. The van der Waals surface area contributed by atoms with Gasteiger partial charge in [0, 0.05) is 12.2 Å². The number of nitrogens with two attached hydrogens (primary N) is 1. The van der Waals surface area contributed by atoms with Gasteiger partial charge >= 0.3 is 0 Å². The highest BCUT2D eigenvalue weighted by Crippen LogP contribution is 2.09. The molecule has 0 aliphatic carbocycles. The van der Waals surface area contributed by atoms with E-state index in [0.717, 1.165) is 17.1 Å². The minimum Gasteiger partial charge on any atom is -0.323 e. The summed E-state index contributed by atoms with van der Waals surface area (Å²) in [6.07, 6.45) is 1.75. The summed E-state index contributed by atoms with van der Waals surface area (Å²) in [5, 5.41) is 0. The molecule has 0 amide bonds. The van der Waals surface area contributed by atoms with Crippen molar-refractivity contribution in [3.8, 4) is 0 Å². The van der Waals surface area contributed by atoms with Gasteiger partial charge < -0.3 is 5.73 Å². The Morgan fingerprint density at radius 2 is 2.09 bits per heavy atom. The van der Waals surface area contributed by atoms with Crippen LogP contribution < -0.4 is 5.73 Å². The molecule has 0 bridgehead atoms. The molecule has 1 heterocycles. The minimum absolute atomic E-state index is 0.0256. The van der Waals surface area contributed by atoms with Crippen LogP contribution in [-0.2, 0) is 0 Å². The lowest BCUT2D eigenvalue weighted by molar-refractivity contribution is 0.752. The summed E-state index contributed by atoms with van der Waals surface area (Å²) in [5.74, 6) is 0. The normalized spacial score (nSPS) is 13.1. The molecule has 2 N–H and O–H groups in total. The molecule has 60 valence electrons.